The number of sulfonamides is 1. The summed E-state index contributed by atoms with van der Waals surface area (Å²) in [4.78, 5) is 3.84. The van der Waals surface area contributed by atoms with Gasteiger partial charge in [-0.25, -0.2) is 13.1 Å². The van der Waals surface area contributed by atoms with Gasteiger partial charge < -0.3 is 9.63 Å². The minimum Gasteiger partial charge on any atom is -0.384 e. The van der Waals surface area contributed by atoms with E-state index in [0.29, 0.717) is 17.0 Å². The van der Waals surface area contributed by atoms with Gasteiger partial charge in [0.2, 0.25) is 0 Å². The summed E-state index contributed by atoms with van der Waals surface area (Å²) in [6.07, 6.45) is 0. The van der Waals surface area contributed by atoms with Crippen molar-refractivity contribution < 1.29 is 18.0 Å². The van der Waals surface area contributed by atoms with Crippen molar-refractivity contribution in [3.8, 4) is 11.8 Å². The molecule has 0 spiro atoms. The first-order valence-electron chi connectivity index (χ1n) is 5.96. The van der Waals surface area contributed by atoms with E-state index in [2.05, 4.69) is 26.7 Å². The third kappa shape index (κ3) is 3.59. The Bertz CT molecular complexity index is 815. The maximum atomic E-state index is 12.2. The molecule has 1 aromatic heterocycles. The number of benzene rings is 1. The van der Waals surface area contributed by atoms with Crippen molar-refractivity contribution in [2.45, 2.75) is 18.7 Å². The number of anilines is 1. The van der Waals surface area contributed by atoms with Crippen LogP contribution in [0.2, 0.25) is 0 Å². The molecular weight excluding hydrogens is 294 g/mol. The number of aromatic nitrogens is 2. The summed E-state index contributed by atoms with van der Waals surface area (Å²) in [6, 6.07) is 4.28. The molecular formula is C13H13N3O4S. The molecule has 0 aliphatic rings. The van der Waals surface area contributed by atoms with E-state index in [1.54, 1.807) is 19.9 Å². The van der Waals surface area contributed by atoms with Crippen molar-refractivity contribution in [1.29, 1.82) is 0 Å². The van der Waals surface area contributed by atoms with Crippen LogP contribution in [0.15, 0.2) is 27.6 Å². The van der Waals surface area contributed by atoms with E-state index in [-0.39, 0.29) is 17.5 Å². The fourth-order valence-electron chi connectivity index (χ4n) is 1.59. The maximum Gasteiger partial charge on any atom is 0.335 e. The Morgan fingerprint density at radius 1 is 1.38 bits per heavy atom. The van der Waals surface area contributed by atoms with Gasteiger partial charge in [-0.2, -0.15) is 4.98 Å². The number of aliphatic hydroxyl groups excluding tert-OH is 1. The lowest BCUT2D eigenvalue weighted by Gasteiger charge is -2.06. The third-order valence-electron chi connectivity index (χ3n) is 2.56. The molecule has 1 heterocycles. The van der Waals surface area contributed by atoms with Gasteiger partial charge in [0.25, 0.3) is 10.0 Å². The molecule has 2 rings (SSSR count). The van der Waals surface area contributed by atoms with E-state index in [0.717, 1.165) is 0 Å². The van der Waals surface area contributed by atoms with E-state index in [1.165, 1.54) is 12.1 Å². The molecule has 0 unspecified atom stereocenters. The molecule has 2 aromatic rings. The summed E-state index contributed by atoms with van der Waals surface area (Å²) < 4.78 is 31.3. The Hall–Kier alpha value is -2.37. The summed E-state index contributed by atoms with van der Waals surface area (Å²) in [5.74, 6) is 5.58. The van der Waals surface area contributed by atoms with Crippen molar-refractivity contribution >= 4 is 16.0 Å². The molecule has 0 aliphatic carbocycles. The topological polar surface area (TPSA) is 105 Å². The fourth-order valence-corrected chi connectivity index (χ4v) is 2.60. The van der Waals surface area contributed by atoms with Crippen LogP contribution in [0.25, 0.3) is 0 Å². The van der Waals surface area contributed by atoms with Crippen molar-refractivity contribution in [3.05, 3.63) is 35.2 Å². The summed E-state index contributed by atoms with van der Waals surface area (Å²) in [7, 11) is -3.80. The van der Waals surface area contributed by atoms with E-state index in [9.17, 15) is 8.42 Å². The highest BCUT2D eigenvalue weighted by molar-refractivity contribution is 7.92. The van der Waals surface area contributed by atoms with Crippen LogP contribution in [0.5, 0.6) is 0 Å². The average Bonchev–Trinajstić information content (AvgIpc) is 2.82. The van der Waals surface area contributed by atoms with Gasteiger partial charge in [-0.15, -0.1) is 0 Å². The first kappa shape index (κ1) is 15.0. The molecule has 110 valence electrons. The highest BCUT2D eigenvalue weighted by atomic mass is 32.2. The second-order valence-electron chi connectivity index (χ2n) is 4.19. The molecule has 0 fully saturated rings. The van der Waals surface area contributed by atoms with Gasteiger partial charge in [0.15, 0.2) is 5.82 Å². The summed E-state index contributed by atoms with van der Waals surface area (Å²) >= 11 is 0. The Morgan fingerprint density at radius 3 is 2.71 bits per heavy atom. The molecule has 8 heteroatoms. The Balaban J connectivity index is 2.30. The largest absolute Gasteiger partial charge is 0.384 e. The van der Waals surface area contributed by atoms with Crippen molar-refractivity contribution in [2.75, 3.05) is 11.3 Å². The number of hydrogen-bond donors (Lipinski definition) is 2. The number of aryl methyl sites for hydroxylation is 2. The molecule has 0 aliphatic heterocycles. The predicted octanol–water partition coefficient (Wildman–Crippen LogP) is 0.831. The van der Waals surface area contributed by atoms with E-state index in [4.69, 9.17) is 9.63 Å². The van der Waals surface area contributed by atoms with E-state index in [1.807, 2.05) is 0 Å². The minimum atomic E-state index is -3.80. The van der Waals surface area contributed by atoms with Gasteiger partial charge >= 0.3 is 6.01 Å². The van der Waals surface area contributed by atoms with Crippen LogP contribution in [-0.2, 0) is 10.0 Å². The normalized spacial score (nSPS) is 10.8. The number of aliphatic hydroxyl groups is 1. The molecule has 0 radical (unpaired) electrons. The van der Waals surface area contributed by atoms with Crippen molar-refractivity contribution in [1.82, 2.24) is 10.1 Å². The first-order chi connectivity index (χ1) is 9.92. The highest BCUT2D eigenvalue weighted by Crippen LogP contribution is 2.17. The molecule has 0 bridgehead atoms. The van der Waals surface area contributed by atoms with Gasteiger partial charge in [-0.1, -0.05) is 17.0 Å². The van der Waals surface area contributed by atoms with Gasteiger partial charge in [0, 0.05) is 5.56 Å². The summed E-state index contributed by atoms with van der Waals surface area (Å²) in [6.45, 7) is 3.06. The molecule has 0 atom stereocenters. The number of hydrogen-bond acceptors (Lipinski definition) is 6. The van der Waals surface area contributed by atoms with Crippen LogP contribution in [0.1, 0.15) is 17.0 Å². The number of nitrogens with zero attached hydrogens (tertiary/aromatic N) is 2. The molecule has 1 aromatic carbocycles. The summed E-state index contributed by atoms with van der Waals surface area (Å²) in [5, 5.41) is 12.2. The summed E-state index contributed by atoms with van der Waals surface area (Å²) in [5.41, 5.74) is 1.33. The van der Waals surface area contributed by atoms with Crippen LogP contribution in [0.3, 0.4) is 0 Å². The smallest absolute Gasteiger partial charge is 0.335 e. The fraction of sp³-hybridized carbons (Fsp3) is 0.231. The third-order valence-corrected chi connectivity index (χ3v) is 3.88. The first-order valence-corrected chi connectivity index (χ1v) is 7.44. The van der Waals surface area contributed by atoms with Crippen LogP contribution >= 0.6 is 0 Å². The Morgan fingerprint density at radius 2 is 2.14 bits per heavy atom. The van der Waals surface area contributed by atoms with Crippen molar-refractivity contribution in [2.24, 2.45) is 0 Å². The van der Waals surface area contributed by atoms with Gasteiger partial charge in [0.1, 0.15) is 6.61 Å². The standard InChI is InChI=1S/C13H13N3O4S/c1-9-8-12(6-5-11(9)4-3-7-17)21(18,19)16-13-14-10(2)15-20-13/h5-6,8,17H,7H2,1-2H3,(H,14,15,16). The van der Waals surface area contributed by atoms with Crippen LogP contribution < -0.4 is 4.72 Å². The van der Waals surface area contributed by atoms with Gasteiger partial charge in [-0.3, -0.25) is 0 Å². The van der Waals surface area contributed by atoms with Crippen molar-refractivity contribution in [3.63, 3.8) is 0 Å². The SMILES string of the molecule is Cc1noc(NS(=O)(=O)c2ccc(C#CCO)c(C)c2)n1. The average molecular weight is 307 g/mol. The second-order valence-corrected chi connectivity index (χ2v) is 5.87. The molecule has 21 heavy (non-hydrogen) atoms. The Kier molecular flexibility index (Phi) is 4.26. The quantitative estimate of drug-likeness (QED) is 0.814. The van der Waals surface area contributed by atoms with Crippen LogP contribution in [0, 0.1) is 25.7 Å². The molecule has 2 N–H and O–H groups in total. The number of nitrogens with one attached hydrogen (secondary N) is 1. The van der Waals surface area contributed by atoms with E-state index >= 15 is 0 Å². The van der Waals surface area contributed by atoms with E-state index < -0.39 is 10.0 Å². The zero-order chi connectivity index (χ0) is 15.5. The monoisotopic (exact) mass is 307 g/mol. The van der Waals surface area contributed by atoms with Crippen LogP contribution in [0.4, 0.5) is 6.01 Å². The predicted molar refractivity (Wildman–Crippen MR) is 75.0 cm³/mol. The molecule has 0 saturated heterocycles. The lowest BCUT2D eigenvalue weighted by atomic mass is 10.1. The molecule has 0 saturated carbocycles. The number of rotatable bonds is 3. The second kappa shape index (κ2) is 5.95. The van der Waals surface area contributed by atoms with Gasteiger partial charge in [-0.05, 0) is 37.6 Å². The minimum absolute atomic E-state index is 0.0606. The highest BCUT2D eigenvalue weighted by Gasteiger charge is 2.18. The lowest BCUT2D eigenvalue weighted by Crippen LogP contribution is -2.13. The molecule has 7 nitrogen and oxygen atoms in total. The van der Waals surface area contributed by atoms with Crippen LogP contribution in [-0.4, -0.2) is 30.3 Å². The van der Waals surface area contributed by atoms with Gasteiger partial charge in [0.05, 0.1) is 4.90 Å². The zero-order valence-electron chi connectivity index (χ0n) is 11.4. The lowest BCUT2D eigenvalue weighted by molar-refractivity contribution is 0.350. The zero-order valence-corrected chi connectivity index (χ0v) is 12.2. The molecule has 0 amide bonds. The maximum absolute atomic E-state index is 12.2. The Labute approximate surface area is 122 Å².